The van der Waals surface area contributed by atoms with Crippen LogP contribution in [0.15, 0.2) is 67.3 Å². The molecule has 5 nitrogen and oxygen atoms in total. The molecule has 5 heteroatoms. The molecule has 0 spiro atoms. The zero-order valence-electron chi connectivity index (χ0n) is 13.8. The number of carbonyl (C=O) groups excluding carboxylic acids is 1. The minimum atomic E-state index is -0.0798. The number of nitrogens with zero attached hydrogens (tertiary/aromatic N) is 3. The van der Waals surface area contributed by atoms with Crippen LogP contribution in [-0.2, 0) is 6.54 Å². The maximum absolute atomic E-state index is 12.3. The number of hydrogen-bond acceptors (Lipinski definition) is 3. The maximum Gasteiger partial charge on any atom is 0.251 e. The summed E-state index contributed by atoms with van der Waals surface area (Å²) in [7, 11) is 4.01. The molecule has 1 N–H and O–H groups in total. The van der Waals surface area contributed by atoms with E-state index in [0.29, 0.717) is 12.1 Å². The molecule has 2 aromatic carbocycles. The molecule has 0 saturated heterocycles. The predicted octanol–water partition coefficient (Wildman–Crippen LogP) is 2.87. The standard InChI is InChI=1S/C19H20N4O/c1-22(2)17-7-3-15(4-8-17)13-21-19(24)16-5-9-18(10-6-16)23-12-11-20-14-23/h3-12,14H,13H2,1-2H3,(H,21,24). The molecule has 1 amide bonds. The maximum atomic E-state index is 12.3. The highest BCUT2D eigenvalue weighted by molar-refractivity contribution is 5.94. The Balaban J connectivity index is 1.60. The van der Waals surface area contributed by atoms with Gasteiger partial charge in [0.25, 0.3) is 5.91 Å². The van der Waals surface area contributed by atoms with Gasteiger partial charge >= 0.3 is 0 Å². The van der Waals surface area contributed by atoms with Crippen molar-refractivity contribution < 1.29 is 4.79 Å². The van der Waals surface area contributed by atoms with Gasteiger partial charge in [0.1, 0.15) is 0 Å². The number of aromatic nitrogens is 2. The fourth-order valence-corrected chi connectivity index (χ4v) is 2.39. The predicted molar refractivity (Wildman–Crippen MR) is 95.5 cm³/mol. The van der Waals surface area contributed by atoms with Crippen LogP contribution in [-0.4, -0.2) is 29.6 Å². The second kappa shape index (κ2) is 7.00. The van der Waals surface area contributed by atoms with E-state index in [1.165, 1.54) is 0 Å². The van der Waals surface area contributed by atoms with Crippen molar-refractivity contribution in [2.75, 3.05) is 19.0 Å². The molecule has 0 radical (unpaired) electrons. The Morgan fingerprint density at radius 2 is 1.79 bits per heavy atom. The lowest BCUT2D eigenvalue weighted by Gasteiger charge is -2.13. The zero-order chi connectivity index (χ0) is 16.9. The number of benzene rings is 2. The summed E-state index contributed by atoms with van der Waals surface area (Å²) in [5.41, 5.74) is 3.83. The van der Waals surface area contributed by atoms with Gasteiger partial charge < -0.3 is 14.8 Å². The van der Waals surface area contributed by atoms with Gasteiger partial charge in [-0.1, -0.05) is 12.1 Å². The highest BCUT2D eigenvalue weighted by Crippen LogP contribution is 2.13. The first-order chi connectivity index (χ1) is 11.6. The fraction of sp³-hybridized carbons (Fsp3) is 0.158. The Labute approximate surface area is 141 Å². The highest BCUT2D eigenvalue weighted by Gasteiger charge is 2.06. The van der Waals surface area contributed by atoms with Gasteiger partial charge in [-0.3, -0.25) is 4.79 Å². The summed E-state index contributed by atoms with van der Waals surface area (Å²) in [4.78, 5) is 18.3. The molecule has 122 valence electrons. The van der Waals surface area contributed by atoms with Crippen LogP contribution in [0.4, 0.5) is 5.69 Å². The van der Waals surface area contributed by atoms with Crippen LogP contribution in [0.5, 0.6) is 0 Å². The van der Waals surface area contributed by atoms with Crippen LogP contribution < -0.4 is 10.2 Å². The summed E-state index contributed by atoms with van der Waals surface area (Å²) in [6.07, 6.45) is 5.32. The van der Waals surface area contributed by atoms with E-state index in [1.807, 2.05) is 78.3 Å². The van der Waals surface area contributed by atoms with Crippen molar-refractivity contribution in [2.45, 2.75) is 6.54 Å². The van der Waals surface area contributed by atoms with Crippen molar-refractivity contribution in [2.24, 2.45) is 0 Å². The molecule has 24 heavy (non-hydrogen) atoms. The molecule has 0 atom stereocenters. The Morgan fingerprint density at radius 3 is 2.38 bits per heavy atom. The largest absolute Gasteiger partial charge is 0.378 e. The zero-order valence-corrected chi connectivity index (χ0v) is 13.8. The number of hydrogen-bond donors (Lipinski definition) is 1. The molecule has 0 bridgehead atoms. The molecule has 0 saturated carbocycles. The lowest BCUT2D eigenvalue weighted by molar-refractivity contribution is 0.0951. The lowest BCUT2D eigenvalue weighted by Crippen LogP contribution is -2.22. The molecule has 1 aromatic heterocycles. The van der Waals surface area contributed by atoms with Crippen LogP contribution in [0.25, 0.3) is 5.69 Å². The molecule has 3 aromatic rings. The number of rotatable bonds is 5. The van der Waals surface area contributed by atoms with E-state index in [-0.39, 0.29) is 5.91 Å². The molecule has 0 aliphatic carbocycles. The Hall–Kier alpha value is -3.08. The summed E-state index contributed by atoms with van der Waals surface area (Å²) in [5, 5.41) is 2.95. The van der Waals surface area contributed by atoms with Gasteiger partial charge in [-0.25, -0.2) is 4.98 Å². The third-order valence-corrected chi connectivity index (χ3v) is 3.84. The molecule has 0 fully saturated rings. The molecular formula is C19H20N4O. The number of anilines is 1. The highest BCUT2D eigenvalue weighted by atomic mass is 16.1. The first kappa shape index (κ1) is 15.8. The van der Waals surface area contributed by atoms with E-state index in [2.05, 4.69) is 10.3 Å². The number of carbonyl (C=O) groups is 1. The molecule has 0 aliphatic rings. The van der Waals surface area contributed by atoms with E-state index < -0.39 is 0 Å². The molecular weight excluding hydrogens is 300 g/mol. The minimum absolute atomic E-state index is 0.0798. The molecule has 3 rings (SSSR count). The average Bonchev–Trinajstić information content (AvgIpc) is 3.15. The Morgan fingerprint density at radius 1 is 1.08 bits per heavy atom. The topological polar surface area (TPSA) is 50.2 Å². The summed E-state index contributed by atoms with van der Waals surface area (Å²) in [5.74, 6) is -0.0798. The van der Waals surface area contributed by atoms with E-state index in [4.69, 9.17) is 0 Å². The van der Waals surface area contributed by atoms with Crippen molar-refractivity contribution in [3.63, 3.8) is 0 Å². The number of imidazole rings is 1. The molecule has 1 heterocycles. The normalized spacial score (nSPS) is 10.4. The van der Waals surface area contributed by atoms with Crippen LogP contribution in [0.3, 0.4) is 0 Å². The summed E-state index contributed by atoms with van der Waals surface area (Å²) >= 11 is 0. The first-order valence-electron chi connectivity index (χ1n) is 7.76. The van der Waals surface area contributed by atoms with E-state index in [1.54, 1.807) is 12.5 Å². The van der Waals surface area contributed by atoms with Crippen molar-refractivity contribution in [1.82, 2.24) is 14.9 Å². The van der Waals surface area contributed by atoms with Crippen LogP contribution >= 0.6 is 0 Å². The summed E-state index contributed by atoms with van der Waals surface area (Å²) in [6, 6.07) is 15.6. The lowest BCUT2D eigenvalue weighted by atomic mass is 10.1. The number of amides is 1. The first-order valence-corrected chi connectivity index (χ1v) is 7.76. The van der Waals surface area contributed by atoms with Crippen LogP contribution in [0.2, 0.25) is 0 Å². The Kier molecular flexibility index (Phi) is 4.61. The quantitative estimate of drug-likeness (QED) is 0.786. The second-order valence-electron chi connectivity index (χ2n) is 5.76. The Bertz CT molecular complexity index is 790. The van der Waals surface area contributed by atoms with Crippen molar-refractivity contribution in [3.8, 4) is 5.69 Å². The smallest absolute Gasteiger partial charge is 0.251 e. The van der Waals surface area contributed by atoms with Crippen LogP contribution in [0.1, 0.15) is 15.9 Å². The van der Waals surface area contributed by atoms with E-state index in [9.17, 15) is 4.79 Å². The summed E-state index contributed by atoms with van der Waals surface area (Å²) in [6.45, 7) is 0.510. The monoisotopic (exact) mass is 320 g/mol. The summed E-state index contributed by atoms with van der Waals surface area (Å²) < 4.78 is 1.90. The van der Waals surface area contributed by atoms with E-state index >= 15 is 0 Å². The van der Waals surface area contributed by atoms with Gasteiger partial charge in [0.15, 0.2) is 0 Å². The van der Waals surface area contributed by atoms with E-state index in [0.717, 1.165) is 16.9 Å². The van der Waals surface area contributed by atoms with Gasteiger partial charge in [-0.05, 0) is 42.0 Å². The second-order valence-corrected chi connectivity index (χ2v) is 5.76. The third-order valence-electron chi connectivity index (χ3n) is 3.84. The average molecular weight is 320 g/mol. The molecule has 0 aliphatic heterocycles. The van der Waals surface area contributed by atoms with Crippen molar-refractivity contribution >= 4 is 11.6 Å². The van der Waals surface area contributed by atoms with Gasteiger partial charge in [0.2, 0.25) is 0 Å². The van der Waals surface area contributed by atoms with Gasteiger partial charge in [-0.15, -0.1) is 0 Å². The SMILES string of the molecule is CN(C)c1ccc(CNC(=O)c2ccc(-n3ccnc3)cc2)cc1. The fourth-order valence-electron chi connectivity index (χ4n) is 2.39. The van der Waals surface area contributed by atoms with Crippen LogP contribution in [0, 0.1) is 0 Å². The minimum Gasteiger partial charge on any atom is -0.378 e. The van der Waals surface area contributed by atoms with Gasteiger partial charge in [0.05, 0.1) is 6.33 Å². The van der Waals surface area contributed by atoms with Gasteiger partial charge in [-0.2, -0.15) is 0 Å². The van der Waals surface area contributed by atoms with Crippen molar-refractivity contribution in [3.05, 3.63) is 78.4 Å². The third kappa shape index (κ3) is 3.63. The molecule has 0 unspecified atom stereocenters. The van der Waals surface area contributed by atoms with Crippen molar-refractivity contribution in [1.29, 1.82) is 0 Å². The number of nitrogens with one attached hydrogen (secondary N) is 1. The van der Waals surface area contributed by atoms with Gasteiger partial charge in [0, 0.05) is 50.0 Å².